The normalized spacial score (nSPS) is 24.9. The van der Waals surface area contributed by atoms with Gasteiger partial charge in [0.15, 0.2) is 0 Å². The molecular formula is C14H16O2. The second-order valence-electron chi connectivity index (χ2n) is 4.35. The van der Waals surface area contributed by atoms with Crippen LogP contribution in [0.3, 0.4) is 0 Å². The van der Waals surface area contributed by atoms with E-state index in [9.17, 15) is 4.79 Å². The first-order valence-corrected chi connectivity index (χ1v) is 5.62. The van der Waals surface area contributed by atoms with Crippen LogP contribution in [-0.4, -0.2) is 5.97 Å². The number of hydrogen-bond donors (Lipinski definition) is 0. The standard InChI is InChI=1S/C14H16O2/c1-3-11-9-13(15)16-14(2,10-11)12-7-5-4-6-8-12/h4-9H,3,10H2,1-2H3. The Kier molecular flexibility index (Phi) is 2.82. The second kappa shape index (κ2) is 4.12. The van der Waals surface area contributed by atoms with Gasteiger partial charge in [0.1, 0.15) is 5.60 Å². The highest BCUT2D eigenvalue weighted by Gasteiger charge is 2.34. The molecule has 0 saturated carbocycles. The summed E-state index contributed by atoms with van der Waals surface area (Å²) < 4.78 is 5.48. The molecule has 2 nitrogen and oxygen atoms in total. The Morgan fingerprint density at radius 2 is 2.00 bits per heavy atom. The Bertz CT molecular complexity index is 420. The molecule has 1 aromatic carbocycles. The van der Waals surface area contributed by atoms with E-state index in [2.05, 4.69) is 6.92 Å². The number of carbonyl (C=O) groups is 1. The Hall–Kier alpha value is -1.57. The smallest absolute Gasteiger partial charge is 0.331 e. The molecule has 0 aromatic heterocycles. The summed E-state index contributed by atoms with van der Waals surface area (Å²) in [6, 6.07) is 9.92. The maximum absolute atomic E-state index is 11.5. The van der Waals surface area contributed by atoms with Crippen molar-refractivity contribution in [3.63, 3.8) is 0 Å². The van der Waals surface area contributed by atoms with E-state index in [1.54, 1.807) is 6.08 Å². The van der Waals surface area contributed by atoms with Crippen LogP contribution in [0.5, 0.6) is 0 Å². The molecule has 84 valence electrons. The molecule has 1 aliphatic heterocycles. The molecule has 0 N–H and O–H groups in total. The summed E-state index contributed by atoms with van der Waals surface area (Å²) in [5.41, 5.74) is 1.71. The molecule has 0 aliphatic carbocycles. The predicted octanol–water partition coefficient (Wildman–Crippen LogP) is 3.19. The first-order valence-electron chi connectivity index (χ1n) is 5.62. The van der Waals surface area contributed by atoms with Crippen molar-refractivity contribution in [3.05, 3.63) is 47.5 Å². The number of ether oxygens (including phenoxy) is 1. The van der Waals surface area contributed by atoms with Crippen LogP contribution in [-0.2, 0) is 15.1 Å². The molecule has 16 heavy (non-hydrogen) atoms. The van der Waals surface area contributed by atoms with Gasteiger partial charge in [-0.3, -0.25) is 0 Å². The van der Waals surface area contributed by atoms with Crippen molar-refractivity contribution in [2.45, 2.75) is 32.3 Å². The van der Waals surface area contributed by atoms with Gasteiger partial charge in [-0.05, 0) is 18.9 Å². The molecule has 0 radical (unpaired) electrons. The van der Waals surface area contributed by atoms with Crippen molar-refractivity contribution < 1.29 is 9.53 Å². The molecule has 1 aromatic rings. The summed E-state index contributed by atoms with van der Waals surface area (Å²) in [7, 11) is 0. The van der Waals surface area contributed by atoms with E-state index in [-0.39, 0.29) is 5.97 Å². The van der Waals surface area contributed by atoms with Gasteiger partial charge < -0.3 is 4.74 Å². The molecule has 2 heteroatoms. The summed E-state index contributed by atoms with van der Waals surface area (Å²) in [6.07, 6.45) is 3.31. The first-order chi connectivity index (χ1) is 7.64. The van der Waals surface area contributed by atoms with E-state index in [4.69, 9.17) is 4.74 Å². The number of benzene rings is 1. The SMILES string of the molecule is CCC1=CC(=O)OC(C)(c2ccccc2)C1. The van der Waals surface area contributed by atoms with Gasteiger partial charge in [-0.2, -0.15) is 0 Å². The molecule has 0 amide bonds. The van der Waals surface area contributed by atoms with Gasteiger partial charge in [0.2, 0.25) is 0 Å². The molecule has 1 atom stereocenters. The molecule has 0 saturated heterocycles. The van der Waals surface area contributed by atoms with Crippen molar-refractivity contribution in [1.29, 1.82) is 0 Å². The maximum atomic E-state index is 11.5. The zero-order valence-electron chi connectivity index (χ0n) is 9.69. The van der Waals surface area contributed by atoms with Crippen LogP contribution in [0.15, 0.2) is 42.0 Å². The summed E-state index contributed by atoms with van der Waals surface area (Å²) in [5, 5.41) is 0. The highest BCUT2D eigenvalue weighted by atomic mass is 16.6. The van der Waals surface area contributed by atoms with E-state index in [0.717, 1.165) is 24.0 Å². The third kappa shape index (κ3) is 2.01. The van der Waals surface area contributed by atoms with Gasteiger partial charge >= 0.3 is 5.97 Å². The molecule has 1 unspecified atom stereocenters. The van der Waals surface area contributed by atoms with E-state index in [1.165, 1.54) is 0 Å². The highest BCUT2D eigenvalue weighted by Crippen LogP contribution is 2.36. The van der Waals surface area contributed by atoms with E-state index < -0.39 is 5.60 Å². The van der Waals surface area contributed by atoms with Gasteiger partial charge in [0.05, 0.1) is 0 Å². The molecule has 2 rings (SSSR count). The van der Waals surface area contributed by atoms with Crippen molar-refractivity contribution in [2.24, 2.45) is 0 Å². The number of hydrogen-bond acceptors (Lipinski definition) is 2. The summed E-state index contributed by atoms with van der Waals surface area (Å²) in [6.45, 7) is 4.04. The van der Waals surface area contributed by atoms with Crippen LogP contribution < -0.4 is 0 Å². The zero-order chi connectivity index (χ0) is 11.6. The van der Waals surface area contributed by atoms with Crippen LogP contribution in [0.25, 0.3) is 0 Å². The number of cyclic esters (lactones) is 1. The third-order valence-electron chi connectivity index (χ3n) is 3.05. The van der Waals surface area contributed by atoms with Crippen molar-refractivity contribution >= 4 is 5.97 Å². The van der Waals surface area contributed by atoms with Gasteiger partial charge in [-0.25, -0.2) is 4.79 Å². The third-order valence-corrected chi connectivity index (χ3v) is 3.05. The number of esters is 1. The maximum Gasteiger partial charge on any atom is 0.331 e. The zero-order valence-corrected chi connectivity index (χ0v) is 9.69. The molecule has 1 heterocycles. The molecule has 0 spiro atoms. The Morgan fingerprint density at radius 1 is 1.31 bits per heavy atom. The second-order valence-corrected chi connectivity index (χ2v) is 4.35. The fourth-order valence-corrected chi connectivity index (χ4v) is 2.12. The highest BCUT2D eigenvalue weighted by molar-refractivity contribution is 5.84. The molecule has 0 bridgehead atoms. The lowest BCUT2D eigenvalue weighted by atomic mass is 9.86. The monoisotopic (exact) mass is 216 g/mol. The van der Waals surface area contributed by atoms with Crippen LogP contribution in [0.2, 0.25) is 0 Å². The quantitative estimate of drug-likeness (QED) is 0.710. The topological polar surface area (TPSA) is 26.3 Å². The lowest BCUT2D eigenvalue weighted by Crippen LogP contribution is -2.32. The van der Waals surface area contributed by atoms with Crippen LogP contribution in [0, 0.1) is 0 Å². The molecule has 1 aliphatic rings. The van der Waals surface area contributed by atoms with Gasteiger partial charge in [0.25, 0.3) is 0 Å². The van der Waals surface area contributed by atoms with Gasteiger partial charge in [0, 0.05) is 12.5 Å². The minimum absolute atomic E-state index is 0.227. The average molecular weight is 216 g/mol. The fourth-order valence-electron chi connectivity index (χ4n) is 2.12. The lowest BCUT2D eigenvalue weighted by Gasteiger charge is -2.33. The summed E-state index contributed by atoms with van der Waals surface area (Å²) in [5.74, 6) is -0.227. The van der Waals surface area contributed by atoms with Gasteiger partial charge in [-0.15, -0.1) is 0 Å². The number of carbonyl (C=O) groups excluding carboxylic acids is 1. The minimum Gasteiger partial charge on any atom is -0.451 e. The molecular weight excluding hydrogens is 200 g/mol. The summed E-state index contributed by atoms with van der Waals surface area (Å²) in [4.78, 5) is 11.5. The van der Waals surface area contributed by atoms with Crippen molar-refractivity contribution in [1.82, 2.24) is 0 Å². The van der Waals surface area contributed by atoms with Crippen LogP contribution >= 0.6 is 0 Å². The van der Waals surface area contributed by atoms with E-state index >= 15 is 0 Å². The predicted molar refractivity (Wildman–Crippen MR) is 62.9 cm³/mol. The van der Waals surface area contributed by atoms with Gasteiger partial charge in [-0.1, -0.05) is 42.8 Å². The van der Waals surface area contributed by atoms with Crippen LogP contribution in [0.1, 0.15) is 32.3 Å². The summed E-state index contributed by atoms with van der Waals surface area (Å²) >= 11 is 0. The Morgan fingerprint density at radius 3 is 2.62 bits per heavy atom. The Balaban J connectivity index is 2.34. The largest absolute Gasteiger partial charge is 0.451 e. The van der Waals surface area contributed by atoms with Crippen molar-refractivity contribution in [2.75, 3.05) is 0 Å². The first kappa shape index (κ1) is 10.9. The number of rotatable bonds is 2. The lowest BCUT2D eigenvalue weighted by molar-refractivity contribution is -0.155. The Labute approximate surface area is 95.9 Å². The average Bonchev–Trinajstić information content (AvgIpc) is 2.29. The van der Waals surface area contributed by atoms with Crippen molar-refractivity contribution in [3.8, 4) is 0 Å². The fraction of sp³-hybridized carbons (Fsp3) is 0.357. The minimum atomic E-state index is -0.502. The molecule has 0 fully saturated rings. The van der Waals surface area contributed by atoms with E-state index in [1.807, 2.05) is 37.3 Å². The van der Waals surface area contributed by atoms with E-state index in [0.29, 0.717) is 0 Å². The van der Waals surface area contributed by atoms with Crippen LogP contribution in [0.4, 0.5) is 0 Å².